The molecule has 0 aromatic heterocycles. The van der Waals surface area contributed by atoms with Crippen molar-refractivity contribution in [3.63, 3.8) is 0 Å². The lowest BCUT2D eigenvalue weighted by atomic mass is 10.3. The van der Waals surface area contributed by atoms with Crippen LogP contribution in [0.25, 0.3) is 0 Å². The highest BCUT2D eigenvalue weighted by Crippen LogP contribution is 2.07. The zero-order valence-corrected chi connectivity index (χ0v) is 10.6. The fourth-order valence-corrected chi connectivity index (χ4v) is 1.26. The van der Waals surface area contributed by atoms with E-state index in [0.717, 1.165) is 5.75 Å². The molecule has 0 aliphatic heterocycles. The summed E-state index contributed by atoms with van der Waals surface area (Å²) in [6.45, 7) is 2.27. The number of nitrogens with zero attached hydrogens (tertiary/aromatic N) is 1. The first-order valence-corrected chi connectivity index (χ1v) is 5.78. The van der Waals surface area contributed by atoms with Gasteiger partial charge in [-0.1, -0.05) is 18.2 Å². The molecule has 6 nitrogen and oxygen atoms in total. The highest BCUT2D eigenvalue weighted by atomic mass is 16.5. The van der Waals surface area contributed by atoms with Gasteiger partial charge in [-0.05, 0) is 12.1 Å². The van der Waals surface area contributed by atoms with E-state index in [4.69, 9.17) is 15.3 Å². The predicted molar refractivity (Wildman–Crippen MR) is 71.4 cm³/mol. The van der Waals surface area contributed by atoms with Gasteiger partial charge in [0.1, 0.15) is 12.4 Å². The molecule has 0 unspecified atom stereocenters. The summed E-state index contributed by atoms with van der Waals surface area (Å²) in [5, 5.41) is 3.03. The highest BCUT2D eigenvalue weighted by Gasteiger charge is 1.95. The predicted octanol–water partition coefficient (Wildman–Crippen LogP) is 0.121. The minimum atomic E-state index is 0.531. The highest BCUT2D eigenvalue weighted by molar-refractivity contribution is 5.79. The Morgan fingerprint density at radius 3 is 2.72 bits per heavy atom. The molecule has 6 heteroatoms. The minimum Gasteiger partial charge on any atom is -0.492 e. The zero-order valence-electron chi connectivity index (χ0n) is 10.6. The van der Waals surface area contributed by atoms with Gasteiger partial charge >= 0.3 is 0 Å². The van der Waals surface area contributed by atoms with Crippen LogP contribution < -0.4 is 21.3 Å². The second-order valence-electron chi connectivity index (χ2n) is 3.46. The number of nitrogens with two attached hydrogens (primary N) is 1. The van der Waals surface area contributed by atoms with E-state index in [9.17, 15) is 0 Å². The van der Waals surface area contributed by atoms with Crippen molar-refractivity contribution in [3.05, 3.63) is 30.3 Å². The SMILES string of the molecule is COCCN=C(NN)NCCOc1ccccc1. The van der Waals surface area contributed by atoms with Crippen LogP contribution in [0.3, 0.4) is 0 Å². The molecule has 0 atom stereocenters. The summed E-state index contributed by atoms with van der Waals surface area (Å²) in [5.41, 5.74) is 2.49. The third-order valence-electron chi connectivity index (χ3n) is 2.11. The fourth-order valence-electron chi connectivity index (χ4n) is 1.26. The summed E-state index contributed by atoms with van der Waals surface area (Å²) in [6.07, 6.45) is 0. The lowest BCUT2D eigenvalue weighted by Gasteiger charge is -2.10. The van der Waals surface area contributed by atoms with Crippen molar-refractivity contribution in [2.75, 3.05) is 33.4 Å². The normalized spacial score (nSPS) is 11.1. The first-order valence-electron chi connectivity index (χ1n) is 5.78. The Bertz CT molecular complexity index is 343. The molecule has 4 N–H and O–H groups in total. The molecule has 0 aliphatic rings. The zero-order chi connectivity index (χ0) is 13.1. The molecule has 0 spiro atoms. The average molecular weight is 252 g/mol. The van der Waals surface area contributed by atoms with Crippen LogP contribution in [0.5, 0.6) is 5.75 Å². The van der Waals surface area contributed by atoms with Crippen LogP contribution in [-0.4, -0.2) is 39.4 Å². The Balaban J connectivity index is 2.17. The number of guanidine groups is 1. The Morgan fingerprint density at radius 2 is 2.06 bits per heavy atom. The van der Waals surface area contributed by atoms with E-state index in [1.54, 1.807) is 7.11 Å². The van der Waals surface area contributed by atoms with Gasteiger partial charge in [-0.3, -0.25) is 5.43 Å². The molecule has 0 aliphatic carbocycles. The monoisotopic (exact) mass is 252 g/mol. The van der Waals surface area contributed by atoms with Crippen LogP contribution in [0.1, 0.15) is 0 Å². The van der Waals surface area contributed by atoms with Gasteiger partial charge in [0, 0.05) is 7.11 Å². The fraction of sp³-hybridized carbons (Fsp3) is 0.417. The van der Waals surface area contributed by atoms with E-state index in [0.29, 0.717) is 32.3 Å². The largest absolute Gasteiger partial charge is 0.492 e. The number of aliphatic imine (C=N–C) groups is 1. The summed E-state index contributed by atoms with van der Waals surface area (Å²) in [5.74, 6) is 6.70. The third kappa shape index (κ3) is 6.07. The van der Waals surface area contributed by atoms with E-state index in [-0.39, 0.29) is 0 Å². The van der Waals surface area contributed by atoms with Crippen molar-refractivity contribution in [1.82, 2.24) is 10.7 Å². The Kier molecular flexibility index (Phi) is 7.34. The smallest absolute Gasteiger partial charge is 0.205 e. The maximum Gasteiger partial charge on any atom is 0.205 e. The van der Waals surface area contributed by atoms with Crippen molar-refractivity contribution >= 4 is 5.96 Å². The average Bonchev–Trinajstić information content (AvgIpc) is 2.43. The van der Waals surface area contributed by atoms with Gasteiger partial charge in [-0.15, -0.1) is 0 Å². The first kappa shape index (κ1) is 14.3. The number of hydrogen-bond acceptors (Lipinski definition) is 4. The molecule has 0 amide bonds. The molecule has 1 rings (SSSR count). The molecular formula is C12H20N4O2. The number of ether oxygens (including phenoxy) is 2. The van der Waals surface area contributed by atoms with Crippen molar-refractivity contribution < 1.29 is 9.47 Å². The number of hydrazine groups is 1. The van der Waals surface area contributed by atoms with Crippen molar-refractivity contribution in [2.45, 2.75) is 0 Å². The van der Waals surface area contributed by atoms with Crippen molar-refractivity contribution in [3.8, 4) is 5.75 Å². The number of rotatable bonds is 7. The van der Waals surface area contributed by atoms with Crippen LogP contribution in [0, 0.1) is 0 Å². The van der Waals surface area contributed by atoms with Gasteiger partial charge in [0.2, 0.25) is 5.96 Å². The summed E-state index contributed by atoms with van der Waals surface area (Å²) < 4.78 is 10.4. The van der Waals surface area contributed by atoms with Gasteiger partial charge in [0.15, 0.2) is 0 Å². The van der Waals surface area contributed by atoms with Crippen molar-refractivity contribution in [2.24, 2.45) is 10.8 Å². The maximum absolute atomic E-state index is 5.52. The molecule has 0 radical (unpaired) electrons. The molecule has 1 aromatic carbocycles. The summed E-state index contributed by atoms with van der Waals surface area (Å²) in [7, 11) is 1.63. The molecule has 0 fully saturated rings. The Morgan fingerprint density at radius 1 is 1.28 bits per heavy atom. The molecule has 0 saturated heterocycles. The van der Waals surface area contributed by atoms with Crippen LogP contribution in [0.15, 0.2) is 35.3 Å². The van der Waals surface area contributed by atoms with Gasteiger partial charge in [0.25, 0.3) is 0 Å². The van der Waals surface area contributed by atoms with Gasteiger partial charge in [-0.2, -0.15) is 0 Å². The minimum absolute atomic E-state index is 0.531. The summed E-state index contributed by atoms with van der Waals surface area (Å²) in [6, 6.07) is 9.64. The van der Waals surface area contributed by atoms with Gasteiger partial charge < -0.3 is 14.8 Å². The van der Waals surface area contributed by atoms with Gasteiger partial charge in [-0.25, -0.2) is 10.8 Å². The van der Waals surface area contributed by atoms with E-state index in [1.165, 1.54) is 0 Å². The number of hydrogen-bond donors (Lipinski definition) is 3. The first-order chi connectivity index (χ1) is 8.86. The number of benzene rings is 1. The van der Waals surface area contributed by atoms with Crippen LogP contribution in [-0.2, 0) is 4.74 Å². The quantitative estimate of drug-likeness (QED) is 0.211. The molecule has 18 heavy (non-hydrogen) atoms. The topological polar surface area (TPSA) is 80.9 Å². The van der Waals surface area contributed by atoms with Crippen LogP contribution >= 0.6 is 0 Å². The van der Waals surface area contributed by atoms with Gasteiger partial charge in [0.05, 0.1) is 19.7 Å². The Hall–Kier alpha value is -1.79. The maximum atomic E-state index is 5.52. The van der Waals surface area contributed by atoms with Crippen LogP contribution in [0.2, 0.25) is 0 Å². The molecular weight excluding hydrogens is 232 g/mol. The molecule has 0 saturated carbocycles. The second-order valence-corrected chi connectivity index (χ2v) is 3.46. The van der Waals surface area contributed by atoms with E-state index >= 15 is 0 Å². The van der Waals surface area contributed by atoms with Crippen LogP contribution in [0.4, 0.5) is 0 Å². The standard InChI is InChI=1S/C12H20N4O2/c1-17-9-7-14-12(16-13)15-8-10-18-11-5-3-2-4-6-11/h2-6H,7-10,13H2,1H3,(H2,14,15,16). The van der Waals surface area contributed by atoms with E-state index in [2.05, 4.69) is 15.7 Å². The summed E-state index contributed by atoms with van der Waals surface area (Å²) >= 11 is 0. The third-order valence-corrected chi connectivity index (χ3v) is 2.11. The Labute approximate surface area is 107 Å². The molecule has 0 bridgehead atoms. The number of nitrogens with one attached hydrogen (secondary N) is 2. The lowest BCUT2D eigenvalue weighted by molar-refractivity contribution is 0.208. The van der Waals surface area contributed by atoms with E-state index < -0.39 is 0 Å². The van der Waals surface area contributed by atoms with Crippen molar-refractivity contribution in [1.29, 1.82) is 0 Å². The molecule has 100 valence electrons. The number of para-hydroxylation sites is 1. The summed E-state index contributed by atoms with van der Waals surface area (Å²) in [4.78, 5) is 4.17. The lowest BCUT2D eigenvalue weighted by Crippen LogP contribution is -2.43. The molecule has 1 aromatic rings. The molecule has 0 heterocycles. The van der Waals surface area contributed by atoms with E-state index in [1.807, 2.05) is 30.3 Å². The number of methoxy groups -OCH3 is 1. The second kappa shape index (κ2) is 9.26.